The second-order valence-corrected chi connectivity index (χ2v) is 4.55. The summed E-state index contributed by atoms with van der Waals surface area (Å²) in [5.74, 6) is 0.281. The monoisotopic (exact) mass is 267 g/mol. The lowest BCUT2D eigenvalue weighted by Gasteiger charge is -2.11. The number of hydrogen-bond acceptors (Lipinski definition) is 5. The van der Waals surface area contributed by atoms with Crippen LogP contribution in [0.5, 0.6) is 5.75 Å². The Balaban J connectivity index is 2.60. The summed E-state index contributed by atoms with van der Waals surface area (Å²) in [5.41, 5.74) is 0.506. The first-order valence-electron chi connectivity index (χ1n) is 6.26. The van der Waals surface area contributed by atoms with Gasteiger partial charge in [-0.3, -0.25) is 10.1 Å². The number of hydrogen-bond donors (Lipinski definition) is 1. The third-order valence-electron chi connectivity index (χ3n) is 2.75. The van der Waals surface area contributed by atoms with E-state index in [4.69, 9.17) is 4.74 Å². The van der Waals surface area contributed by atoms with Gasteiger partial charge in [-0.25, -0.2) is 0 Å². The number of rotatable bonds is 8. The van der Waals surface area contributed by atoms with Crippen LogP contribution in [0.4, 0.5) is 11.4 Å². The molecule has 0 atom stereocenters. The van der Waals surface area contributed by atoms with Crippen molar-refractivity contribution in [2.24, 2.45) is 0 Å². The minimum absolute atomic E-state index is 0.00221. The van der Waals surface area contributed by atoms with E-state index in [-0.39, 0.29) is 11.4 Å². The Bertz CT molecular complexity index is 422. The van der Waals surface area contributed by atoms with Gasteiger partial charge in [-0.2, -0.15) is 0 Å². The first-order valence-corrected chi connectivity index (χ1v) is 6.26. The summed E-state index contributed by atoms with van der Waals surface area (Å²) in [5, 5.41) is 14.2. The molecule has 0 bridgehead atoms. The molecule has 0 unspecified atom stereocenters. The fourth-order valence-corrected chi connectivity index (χ4v) is 1.79. The van der Waals surface area contributed by atoms with Crippen LogP contribution >= 0.6 is 0 Å². The van der Waals surface area contributed by atoms with E-state index in [2.05, 4.69) is 10.2 Å². The highest BCUT2D eigenvalue weighted by molar-refractivity contribution is 5.68. The van der Waals surface area contributed by atoms with Crippen molar-refractivity contribution in [3.8, 4) is 5.75 Å². The lowest BCUT2D eigenvalue weighted by Crippen LogP contribution is -2.14. The number of nitro benzene ring substituents is 1. The quantitative estimate of drug-likeness (QED) is 0.445. The molecule has 1 aromatic carbocycles. The molecule has 1 N–H and O–H groups in total. The zero-order valence-electron chi connectivity index (χ0n) is 11.7. The van der Waals surface area contributed by atoms with Crippen molar-refractivity contribution in [3.05, 3.63) is 28.3 Å². The van der Waals surface area contributed by atoms with Gasteiger partial charge in [-0.05, 0) is 45.6 Å². The Morgan fingerprint density at radius 1 is 1.37 bits per heavy atom. The van der Waals surface area contributed by atoms with Crippen LogP contribution in [-0.2, 0) is 0 Å². The van der Waals surface area contributed by atoms with Gasteiger partial charge in [0.05, 0.1) is 12.0 Å². The molecule has 0 aliphatic carbocycles. The molecule has 0 heterocycles. The van der Waals surface area contributed by atoms with Crippen molar-refractivity contribution in [1.29, 1.82) is 0 Å². The average Bonchev–Trinajstić information content (AvgIpc) is 2.37. The fraction of sp³-hybridized carbons (Fsp3) is 0.538. The summed E-state index contributed by atoms with van der Waals surface area (Å²) in [6.45, 7) is 1.73. The van der Waals surface area contributed by atoms with Crippen LogP contribution in [-0.4, -0.2) is 44.1 Å². The lowest BCUT2D eigenvalue weighted by molar-refractivity contribution is -0.384. The highest BCUT2D eigenvalue weighted by atomic mass is 16.6. The van der Waals surface area contributed by atoms with Crippen molar-refractivity contribution in [1.82, 2.24) is 4.90 Å². The lowest BCUT2D eigenvalue weighted by atomic mass is 10.2. The Hall–Kier alpha value is -1.82. The topological polar surface area (TPSA) is 67.6 Å². The molecule has 6 nitrogen and oxygen atoms in total. The molecule has 0 aliphatic rings. The molecule has 0 saturated carbocycles. The zero-order chi connectivity index (χ0) is 14.3. The van der Waals surface area contributed by atoms with Crippen LogP contribution in [0.1, 0.15) is 12.8 Å². The molecule has 1 aromatic rings. The van der Waals surface area contributed by atoms with Crippen LogP contribution in [0, 0.1) is 10.1 Å². The van der Waals surface area contributed by atoms with Crippen molar-refractivity contribution in [2.45, 2.75) is 12.8 Å². The summed E-state index contributed by atoms with van der Waals surface area (Å²) < 4.78 is 5.02. The number of nitrogens with one attached hydrogen (secondary N) is 1. The number of methoxy groups -OCH3 is 1. The molecular formula is C13H21N3O3. The minimum Gasteiger partial charge on any atom is -0.490 e. The van der Waals surface area contributed by atoms with E-state index in [1.54, 1.807) is 18.2 Å². The van der Waals surface area contributed by atoms with Gasteiger partial charge >= 0.3 is 5.69 Å². The summed E-state index contributed by atoms with van der Waals surface area (Å²) >= 11 is 0. The van der Waals surface area contributed by atoms with Gasteiger partial charge in [-0.1, -0.05) is 6.07 Å². The molecule has 0 radical (unpaired) electrons. The minimum atomic E-state index is -0.416. The first kappa shape index (κ1) is 15.2. The van der Waals surface area contributed by atoms with Gasteiger partial charge in [0.25, 0.3) is 0 Å². The predicted molar refractivity (Wildman–Crippen MR) is 75.9 cm³/mol. The van der Waals surface area contributed by atoms with Gasteiger partial charge < -0.3 is 15.0 Å². The van der Waals surface area contributed by atoms with Crippen LogP contribution < -0.4 is 10.1 Å². The molecule has 19 heavy (non-hydrogen) atoms. The smallest absolute Gasteiger partial charge is 0.333 e. The Morgan fingerprint density at radius 2 is 2.11 bits per heavy atom. The normalized spacial score (nSPS) is 10.5. The highest BCUT2D eigenvalue weighted by Crippen LogP contribution is 2.34. The van der Waals surface area contributed by atoms with E-state index in [1.807, 2.05) is 14.1 Å². The molecule has 0 fully saturated rings. The van der Waals surface area contributed by atoms with E-state index in [9.17, 15) is 10.1 Å². The zero-order valence-corrected chi connectivity index (χ0v) is 11.7. The third-order valence-corrected chi connectivity index (χ3v) is 2.75. The number of ether oxygens (including phenoxy) is 1. The maximum atomic E-state index is 11.1. The van der Waals surface area contributed by atoms with Gasteiger partial charge in [0.15, 0.2) is 5.75 Å². The first-order chi connectivity index (χ1) is 9.06. The molecule has 0 aliphatic heterocycles. The Morgan fingerprint density at radius 3 is 2.68 bits per heavy atom. The summed E-state index contributed by atoms with van der Waals surface area (Å²) in [6.07, 6.45) is 2.02. The SMILES string of the molecule is COc1cccc(NCCCCN(C)C)c1[N+](=O)[O-]. The fourth-order valence-electron chi connectivity index (χ4n) is 1.79. The number of benzene rings is 1. The molecule has 0 aromatic heterocycles. The van der Waals surface area contributed by atoms with Gasteiger partial charge in [-0.15, -0.1) is 0 Å². The van der Waals surface area contributed by atoms with Crippen molar-refractivity contribution in [2.75, 3.05) is 39.6 Å². The summed E-state index contributed by atoms with van der Waals surface area (Å²) in [7, 11) is 5.49. The van der Waals surface area contributed by atoms with Crippen LogP contribution in [0.25, 0.3) is 0 Å². The molecule has 0 amide bonds. The second kappa shape index (κ2) is 7.58. The van der Waals surface area contributed by atoms with E-state index in [1.165, 1.54) is 7.11 Å². The number of nitro groups is 1. The highest BCUT2D eigenvalue weighted by Gasteiger charge is 2.19. The van der Waals surface area contributed by atoms with Crippen LogP contribution in [0.15, 0.2) is 18.2 Å². The molecule has 0 spiro atoms. The van der Waals surface area contributed by atoms with E-state index >= 15 is 0 Å². The average molecular weight is 267 g/mol. The van der Waals surface area contributed by atoms with E-state index in [0.717, 1.165) is 19.4 Å². The number of anilines is 1. The molecule has 6 heteroatoms. The molecule has 106 valence electrons. The predicted octanol–water partition coefficient (Wildman–Crippen LogP) is 2.36. The van der Waals surface area contributed by atoms with Crippen molar-refractivity contribution < 1.29 is 9.66 Å². The number of unbranched alkanes of at least 4 members (excludes halogenated alkanes) is 1. The van der Waals surface area contributed by atoms with Crippen molar-refractivity contribution >= 4 is 11.4 Å². The van der Waals surface area contributed by atoms with Gasteiger partial charge in [0, 0.05) is 6.54 Å². The molecule has 1 rings (SSSR count). The maximum absolute atomic E-state index is 11.1. The van der Waals surface area contributed by atoms with E-state index in [0.29, 0.717) is 12.2 Å². The Kier molecular flexibility index (Phi) is 6.08. The Labute approximate surface area is 113 Å². The molecule has 0 saturated heterocycles. The second-order valence-electron chi connectivity index (χ2n) is 4.55. The number of para-hydroxylation sites is 1. The third kappa shape index (κ3) is 4.75. The van der Waals surface area contributed by atoms with Gasteiger partial charge in [0.2, 0.25) is 0 Å². The summed E-state index contributed by atoms with van der Waals surface area (Å²) in [6, 6.07) is 5.04. The van der Waals surface area contributed by atoms with Crippen LogP contribution in [0.3, 0.4) is 0 Å². The maximum Gasteiger partial charge on any atom is 0.333 e. The largest absolute Gasteiger partial charge is 0.490 e. The number of nitrogens with zero attached hydrogens (tertiary/aromatic N) is 2. The summed E-state index contributed by atoms with van der Waals surface area (Å²) in [4.78, 5) is 12.8. The van der Waals surface area contributed by atoms with Crippen molar-refractivity contribution in [3.63, 3.8) is 0 Å². The van der Waals surface area contributed by atoms with E-state index < -0.39 is 4.92 Å². The standard InChI is InChI=1S/C13H21N3O3/c1-15(2)10-5-4-9-14-11-7-6-8-12(19-3)13(11)16(17)18/h6-8,14H,4-5,9-10H2,1-3H3. The van der Waals surface area contributed by atoms with Crippen LogP contribution in [0.2, 0.25) is 0 Å². The molecular weight excluding hydrogens is 246 g/mol. The van der Waals surface area contributed by atoms with Gasteiger partial charge in [0.1, 0.15) is 5.69 Å².